The quantitative estimate of drug-likeness (QED) is 0.922. The second-order valence-corrected chi connectivity index (χ2v) is 5.02. The highest BCUT2D eigenvalue weighted by atomic mass is 16.1. The van der Waals surface area contributed by atoms with Crippen LogP contribution in [0, 0.1) is 13.8 Å². The van der Waals surface area contributed by atoms with Crippen LogP contribution in [0.4, 0.5) is 0 Å². The molecule has 0 aliphatic rings. The van der Waals surface area contributed by atoms with E-state index < -0.39 is 0 Å². The molecule has 106 valence electrons. The van der Waals surface area contributed by atoms with Crippen molar-refractivity contribution in [2.75, 3.05) is 0 Å². The molecule has 1 N–H and O–H groups in total. The highest BCUT2D eigenvalue weighted by Crippen LogP contribution is 2.07. The number of amides is 1. The van der Waals surface area contributed by atoms with Crippen molar-refractivity contribution >= 4 is 5.91 Å². The van der Waals surface area contributed by atoms with Crippen molar-refractivity contribution in [1.29, 1.82) is 0 Å². The largest absolute Gasteiger partial charge is 0.348 e. The Kier molecular flexibility index (Phi) is 4.12. The Morgan fingerprint density at radius 2 is 2.10 bits per heavy atom. The van der Waals surface area contributed by atoms with E-state index in [4.69, 9.17) is 0 Å². The lowest BCUT2D eigenvalue weighted by molar-refractivity contribution is 0.0949. The van der Waals surface area contributed by atoms with Gasteiger partial charge in [-0.1, -0.05) is 0 Å². The van der Waals surface area contributed by atoms with Crippen LogP contribution in [0.3, 0.4) is 0 Å². The van der Waals surface area contributed by atoms with E-state index in [2.05, 4.69) is 34.2 Å². The molecule has 0 aromatic carbocycles. The lowest BCUT2D eigenvalue weighted by Crippen LogP contribution is -2.24. The average Bonchev–Trinajstić information content (AvgIpc) is 2.85. The van der Waals surface area contributed by atoms with Crippen LogP contribution in [0.5, 0.6) is 0 Å². The van der Waals surface area contributed by atoms with Gasteiger partial charge in [-0.15, -0.1) is 0 Å². The lowest BCUT2D eigenvalue weighted by Gasteiger charge is -2.06. The Bertz CT molecular complexity index is 618. The van der Waals surface area contributed by atoms with Gasteiger partial charge in [0.05, 0.1) is 17.5 Å². The highest BCUT2D eigenvalue weighted by Gasteiger charge is 2.11. The molecule has 2 heterocycles. The van der Waals surface area contributed by atoms with Crippen LogP contribution in [-0.2, 0) is 6.54 Å². The number of hydrogen-bond acceptors (Lipinski definition) is 4. The third-order valence-electron chi connectivity index (χ3n) is 2.98. The van der Waals surface area contributed by atoms with Crippen LogP contribution in [0.2, 0.25) is 0 Å². The van der Waals surface area contributed by atoms with Gasteiger partial charge in [-0.05, 0) is 27.7 Å². The van der Waals surface area contributed by atoms with Gasteiger partial charge in [-0.25, -0.2) is 9.97 Å². The zero-order valence-corrected chi connectivity index (χ0v) is 12.2. The highest BCUT2D eigenvalue weighted by molar-refractivity contribution is 5.94. The topological polar surface area (TPSA) is 72.7 Å². The molecule has 0 bridgehead atoms. The molecule has 0 atom stereocenters. The summed E-state index contributed by atoms with van der Waals surface area (Å²) in [6.07, 6.45) is 5.26. The lowest BCUT2D eigenvalue weighted by atomic mass is 10.2. The number of nitrogens with one attached hydrogen (secondary N) is 1. The summed E-state index contributed by atoms with van der Waals surface area (Å²) in [7, 11) is 0. The van der Waals surface area contributed by atoms with Gasteiger partial charge < -0.3 is 5.32 Å². The first-order valence-corrected chi connectivity index (χ1v) is 6.59. The molecule has 6 heteroatoms. The summed E-state index contributed by atoms with van der Waals surface area (Å²) in [4.78, 5) is 20.3. The van der Waals surface area contributed by atoms with Crippen molar-refractivity contribution in [3.63, 3.8) is 0 Å². The number of nitrogens with zero attached hydrogens (tertiary/aromatic N) is 4. The molecule has 0 fully saturated rings. The van der Waals surface area contributed by atoms with E-state index in [9.17, 15) is 4.79 Å². The molecule has 0 aliphatic carbocycles. The molecule has 2 rings (SSSR count). The molecular weight excluding hydrogens is 254 g/mol. The second kappa shape index (κ2) is 5.81. The smallest absolute Gasteiger partial charge is 0.254 e. The minimum atomic E-state index is -0.167. The van der Waals surface area contributed by atoms with Gasteiger partial charge in [-0.2, -0.15) is 5.10 Å². The Balaban J connectivity index is 2.01. The summed E-state index contributed by atoms with van der Waals surface area (Å²) < 4.78 is 1.86. The third-order valence-corrected chi connectivity index (χ3v) is 2.98. The normalized spacial score (nSPS) is 10.8. The first kappa shape index (κ1) is 14.2. The van der Waals surface area contributed by atoms with E-state index >= 15 is 0 Å². The maximum absolute atomic E-state index is 12.1. The average molecular weight is 273 g/mol. The zero-order chi connectivity index (χ0) is 14.7. The molecule has 6 nitrogen and oxygen atoms in total. The van der Waals surface area contributed by atoms with E-state index in [0.717, 1.165) is 5.56 Å². The van der Waals surface area contributed by atoms with Gasteiger partial charge >= 0.3 is 0 Å². The standard InChI is InChI=1S/C14H19N5O/c1-9(2)19-8-12(6-17-19)5-16-14(20)13-7-15-11(4)18-10(13)3/h6-9H,5H2,1-4H3,(H,16,20). The minimum absolute atomic E-state index is 0.167. The van der Waals surface area contributed by atoms with Crippen LogP contribution in [-0.4, -0.2) is 25.7 Å². The fourth-order valence-electron chi connectivity index (χ4n) is 1.83. The summed E-state index contributed by atoms with van der Waals surface area (Å²) in [6, 6.07) is 0.312. The van der Waals surface area contributed by atoms with Crippen molar-refractivity contribution in [1.82, 2.24) is 25.1 Å². The molecule has 1 amide bonds. The molecule has 0 saturated heterocycles. The van der Waals surface area contributed by atoms with E-state index in [1.54, 1.807) is 26.2 Å². The Labute approximate surface area is 118 Å². The number of carbonyl (C=O) groups excluding carboxylic acids is 1. The number of carbonyl (C=O) groups is 1. The second-order valence-electron chi connectivity index (χ2n) is 5.02. The Hall–Kier alpha value is -2.24. The van der Waals surface area contributed by atoms with Gasteiger partial charge in [0.25, 0.3) is 5.91 Å². The predicted octanol–water partition coefficient (Wildman–Crippen LogP) is 1.80. The number of aryl methyl sites for hydroxylation is 2. The van der Waals surface area contributed by atoms with Crippen molar-refractivity contribution in [2.24, 2.45) is 0 Å². The van der Waals surface area contributed by atoms with E-state index in [1.807, 2.05) is 10.9 Å². The molecule has 0 aliphatic heterocycles. The molecule has 20 heavy (non-hydrogen) atoms. The summed E-state index contributed by atoms with van der Waals surface area (Å²) in [5, 5.41) is 7.09. The SMILES string of the molecule is Cc1ncc(C(=O)NCc2cnn(C(C)C)c2)c(C)n1. The molecule has 0 unspecified atom stereocenters. The van der Waals surface area contributed by atoms with Gasteiger partial charge in [0.1, 0.15) is 5.82 Å². The fourth-order valence-corrected chi connectivity index (χ4v) is 1.83. The van der Waals surface area contributed by atoms with E-state index in [0.29, 0.717) is 29.7 Å². The van der Waals surface area contributed by atoms with Gasteiger partial charge in [0, 0.05) is 30.5 Å². The van der Waals surface area contributed by atoms with Crippen molar-refractivity contribution in [2.45, 2.75) is 40.3 Å². The van der Waals surface area contributed by atoms with E-state index in [-0.39, 0.29) is 5.91 Å². The fraction of sp³-hybridized carbons (Fsp3) is 0.429. The van der Waals surface area contributed by atoms with Gasteiger partial charge in [-0.3, -0.25) is 9.48 Å². The van der Waals surface area contributed by atoms with Crippen LogP contribution in [0.25, 0.3) is 0 Å². The number of hydrogen-bond donors (Lipinski definition) is 1. The van der Waals surface area contributed by atoms with E-state index in [1.165, 1.54) is 0 Å². The summed E-state index contributed by atoms with van der Waals surface area (Å²) in [6.45, 7) is 8.17. The van der Waals surface area contributed by atoms with Gasteiger partial charge in [0.15, 0.2) is 0 Å². The number of aromatic nitrogens is 4. The van der Waals surface area contributed by atoms with Crippen LogP contribution in [0.1, 0.15) is 47.3 Å². The van der Waals surface area contributed by atoms with Gasteiger partial charge in [0.2, 0.25) is 0 Å². The molecule has 0 spiro atoms. The van der Waals surface area contributed by atoms with Crippen molar-refractivity contribution in [3.8, 4) is 0 Å². The molecular formula is C14H19N5O. The maximum Gasteiger partial charge on any atom is 0.254 e. The Morgan fingerprint density at radius 3 is 2.70 bits per heavy atom. The number of rotatable bonds is 4. The van der Waals surface area contributed by atoms with Crippen molar-refractivity contribution in [3.05, 3.63) is 41.2 Å². The predicted molar refractivity (Wildman–Crippen MR) is 75.3 cm³/mol. The monoisotopic (exact) mass is 273 g/mol. The first-order chi connectivity index (χ1) is 9.47. The van der Waals surface area contributed by atoms with Crippen LogP contribution in [0.15, 0.2) is 18.6 Å². The first-order valence-electron chi connectivity index (χ1n) is 6.59. The summed E-state index contributed by atoms with van der Waals surface area (Å²) >= 11 is 0. The van der Waals surface area contributed by atoms with Crippen LogP contribution >= 0.6 is 0 Å². The zero-order valence-electron chi connectivity index (χ0n) is 12.2. The van der Waals surface area contributed by atoms with Crippen LogP contribution < -0.4 is 5.32 Å². The molecule has 2 aromatic heterocycles. The molecule has 2 aromatic rings. The summed E-state index contributed by atoms with van der Waals surface area (Å²) in [5.41, 5.74) is 2.16. The Morgan fingerprint density at radius 1 is 1.35 bits per heavy atom. The van der Waals surface area contributed by atoms with Crippen molar-refractivity contribution < 1.29 is 4.79 Å². The molecule has 0 saturated carbocycles. The molecule has 0 radical (unpaired) electrons. The summed E-state index contributed by atoms with van der Waals surface area (Å²) in [5.74, 6) is 0.497. The third kappa shape index (κ3) is 3.20. The maximum atomic E-state index is 12.1. The minimum Gasteiger partial charge on any atom is -0.348 e.